The zero-order valence-corrected chi connectivity index (χ0v) is 9.37. The number of carbonyl (C=O) groups is 1. The van der Waals surface area contributed by atoms with Crippen molar-refractivity contribution in [2.24, 2.45) is 5.84 Å². The Morgan fingerprint density at radius 2 is 2.40 bits per heavy atom. The zero-order valence-electron chi connectivity index (χ0n) is 9.37. The predicted molar refractivity (Wildman–Crippen MR) is 58.0 cm³/mol. The monoisotopic (exact) mass is 215 g/mol. The molecule has 15 heavy (non-hydrogen) atoms. The maximum Gasteiger partial charge on any atom is 0.235 e. The number of likely N-dealkylation sites (N-methyl/N-ethyl adjacent to an activating group) is 1. The standard InChI is InChI=1S/C10H21N3O2/c1-13(6-5-10(14)12-11)8-9-4-2-3-7-15-9/h9H,2-8,11H2,1H3,(H,12,14). The summed E-state index contributed by atoms with van der Waals surface area (Å²) in [5.41, 5.74) is 2.13. The van der Waals surface area contributed by atoms with Crippen molar-refractivity contribution in [2.75, 3.05) is 26.7 Å². The van der Waals surface area contributed by atoms with Crippen molar-refractivity contribution in [3.05, 3.63) is 0 Å². The van der Waals surface area contributed by atoms with Crippen molar-refractivity contribution < 1.29 is 9.53 Å². The number of ether oxygens (including phenoxy) is 1. The molecule has 1 fully saturated rings. The minimum Gasteiger partial charge on any atom is -0.377 e. The molecule has 1 amide bonds. The van der Waals surface area contributed by atoms with Crippen LogP contribution in [-0.2, 0) is 9.53 Å². The SMILES string of the molecule is CN(CCC(=O)NN)CC1CCCCO1. The van der Waals surface area contributed by atoms with Crippen molar-refractivity contribution in [2.45, 2.75) is 31.8 Å². The minimum atomic E-state index is -0.119. The number of rotatable bonds is 5. The largest absolute Gasteiger partial charge is 0.377 e. The van der Waals surface area contributed by atoms with Gasteiger partial charge in [-0.2, -0.15) is 0 Å². The molecule has 0 spiro atoms. The molecule has 1 saturated heterocycles. The fourth-order valence-electron chi connectivity index (χ4n) is 1.75. The molecule has 1 aliphatic heterocycles. The van der Waals surface area contributed by atoms with Crippen molar-refractivity contribution in [1.82, 2.24) is 10.3 Å². The van der Waals surface area contributed by atoms with Crippen molar-refractivity contribution in [3.8, 4) is 0 Å². The minimum absolute atomic E-state index is 0.119. The van der Waals surface area contributed by atoms with Crippen LogP contribution in [0, 0.1) is 0 Å². The highest BCUT2D eigenvalue weighted by atomic mass is 16.5. The van der Waals surface area contributed by atoms with Crippen LogP contribution in [0.3, 0.4) is 0 Å². The number of hydrazine groups is 1. The first-order chi connectivity index (χ1) is 7.22. The van der Waals surface area contributed by atoms with Gasteiger partial charge in [0.15, 0.2) is 0 Å². The fraction of sp³-hybridized carbons (Fsp3) is 0.900. The summed E-state index contributed by atoms with van der Waals surface area (Å²) in [5.74, 6) is 4.88. The Morgan fingerprint density at radius 1 is 1.60 bits per heavy atom. The Balaban J connectivity index is 2.11. The van der Waals surface area contributed by atoms with Gasteiger partial charge in [0.1, 0.15) is 0 Å². The number of nitrogens with one attached hydrogen (secondary N) is 1. The van der Waals surface area contributed by atoms with E-state index in [4.69, 9.17) is 10.6 Å². The average Bonchev–Trinajstić information content (AvgIpc) is 2.27. The molecular formula is C10H21N3O2. The molecular weight excluding hydrogens is 194 g/mol. The average molecular weight is 215 g/mol. The van der Waals surface area contributed by atoms with Gasteiger partial charge in [-0.1, -0.05) is 0 Å². The molecule has 0 aromatic heterocycles. The summed E-state index contributed by atoms with van der Waals surface area (Å²) >= 11 is 0. The van der Waals surface area contributed by atoms with Gasteiger partial charge < -0.3 is 9.64 Å². The fourth-order valence-corrected chi connectivity index (χ4v) is 1.75. The van der Waals surface area contributed by atoms with Gasteiger partial charge in [0.25, 0.3) is 0 Å². The topological polar surface area (TPSA) is 67.6 Å². The van der Waals surface area contributed by atoms with E-state index in [2.05, 4.69) is 10.3 Å². The molecule has 1 rings (SSSR count). The third kappa shape index (κ3) is 5.11. The lowest BCUT2D eigenvalue weighted by Gasteiger charge is -2.27. The number of hydrogen-bond donors (Lipinski definition) is 2. The van der Waals surface area contributed by atoms with E-state index in [1.807, 2.05) is 7.05 Å². The molecule has 0 saturated carbocycles. The third-order valence-electron chi connectivity index (χ3n) is 2.67. The van der Waals surface area contributed by atoms with Gasteiger partial charge >= 0.3 is 0 Å². The molecule has 0 bridgehead atoms. The first kappa shape index (κ1) is 12.4. The number of amides is 1. The van der Waals surface area contributed by atoms with Crippen LogP contribution in [-0.4, -0.2) is 43.7 Å². The smallest absolute Gasteiger partial charge is 0.235 e. The van der Waals surface area contributed by atoms with Gasteiger partial charge in [0.05, 0.1) is 6.10 Å². The second-order valence-electron chi connectivity index (χ2n) is 4.07. The summed E-state index contributed by atoms with van der Waals surface area (Å²) in [5, 5.41) is 0. The quantitative estimate of drug-likeness (QED) is 0.381. The first-order valence-corrected chi connectivity index (χ1v) is 5.52. The van der Waals surface area contributed by atoms with Gasteiger partial charge in [-0.15, -0.1) is 0 Å². The van der Waals surface area contributed by atoms with Crippen molar-refractivity contribution >= 4 is 5.91 Å². The highest BCUT2D eigenvalue weighted by molar-refractivity contribution is 5.75. The molecule has 0 aromatic rings. The predicted octanol–water partition coefficient (Wildman–Crippen LogP) is -0.133. The maximum atomic E-state index is 10.9. The molecule has 1 unspecified atom stereocenters. The molecule has 0 aliphatic carbocycles. The van der Waals surface area contributed by atoms with Gasteiger partial charge in [-0.25, -0.2) is 5.84 Å². The lowest BCUT2D eigenvalue weighted by atomic mass is 10.1. The normalized spacial score (nSPS) is 21.7. The van der Waals surface area contributed by atoms with Crippen molar-refractivity contribution in [1.29, 1.82) is 0 Å². The molecule has 0 aromatic carbocycles. The lowest BCUT2D eigenvalue weighted by molar-refractivity contribution is -0.121. The van der Waals surface area contributed by atoms with Crippen LogP contribution in [0.2, 0.25) is 0 Å². The van der Waals surface area contributed by atoms with E-state index in [9.17, 15) is 4.79 Å². The Labute approximate surface area is 90.9 Å². The third-order valence-corrected chi connectivity index (χ3v) is 2.67. The molecule has 1 atom stereocenters. The van der Waals surface area contributed by atoms with Crippen LogP contribution in [0.5, 0.6) is 0 Å². The van der Waals surface area contributed by atoms with E-state index in [1.165, 1.54) is 12.8 Å². The number of carbonyl (C=O) groups excluding carboxylic acids is 1. The van der Waals surface area contributed by atoms with E-state index >= 15 is 0 Å². The van der Waals surface area contributed by atoms with Gasteiger partial charge in [0.2, 0.25) is 5.91 Å². The molecule has 3 N–H and O–H groups in total. The van der Waals surface area contributed by atoms with E-state index in [0.717, 1.165) is 26.1 Å². The Hall–Kier alpha value is -0.650. The van der Waals surface area contributed by atoms with Crippen LogP contribution in [0.25, 0.3) is 0 Å². The highest BCUT2D eigenvalue weighted by Crippen LogP contribution is 2.13. The van der Waals surface area contributed by atoms with Crippen LogP contribution in [0.15, 0.2) is 0 Å². The summed E-state index contributed by atoms with van der Waals surface area (Å²) < 4.78 is 5.61. The summed E-state index contributed by atoms with van der Waals surface area (Å²) in [6.45, 7) is 2.50. The van der Waals surface area contributed by atoms with Gasteiger partial charge in [-0.05, 0) is 26.3 Å². The van der Waals surface area contributed by atoms with E-state index in [0.29, 0.717) is 12.5 Å². The molecule has 88 valence electrons. The van der Waals surface area contributed by atoms with E-state index in [-0.39, 0.29) is 5.91 Å². The second-order valence-corrected chi connectivity index (χ2v) is 4.07. The summed E-state index contributed by atoms with van der Waals surface area (Å²) in [6, 6.07) is 0. The maximum absolute atomic E-state index is 10.9. The second kappa shape index (κ2) is 6.76. The highest BCUT2D eigenvalue weighted by Gasteiger charge is 2.15. The number of nitrogens with two attached hydrogens (primary N) is 1. The van der Waals surface area contributed by atoms with E-state index in [1.54, 1.807) is 0 Å². The molecule has 0 radical (unpaired) electrons. The Morgan fingerprint density at radius 3 is 3.00 bits per heavy atom. The summed E-state index contributed by atoms with van der Waals surface area (Å²) in [7, 11) is 2.00. The molecule has 5 heteroatoms. The van der Waals surface area contributed by atoms with Gasteiger partial charge in [-0.3, -0.25) is 10.2 Å². The molecule has 1 heterocycles. The Kier molecular flexibility index (Phi) is 5.60. The summed E-state index contributed by atoms with van der Waals surface area (Å²) in [6.07, 6.45) is 4.34. The van der Waals surface area contributed by atoms with Crippen LogP contribution in [0.1, 0.15) is 25.7 Å². The van der Waals surface area contributed by atoms with Crippen LogP contribution >= 0.6 is 0 Å². The number of nitrogens with zero attached hydrogens (tertiary/aromatic N) is 1. The number of hydrogen-bond acceptors (Lipinski definition) is 4. The van der Waals surface area contributed by atoms with Crippen molar-refractivity contribution in [3.63, 3.8) is 0 Å². The van der Waals surface area contributed by atoms with Crippen LogP contribution < -0.4 is 11.3 Å². The lowest BCUT2D eigenvalue weighted by Crippen LogP contribution is -2.37. The van der Waals surface area contributed by atoms with Crippen LogP contribution in [0.4, 0.5) is 0 Å². The molecule has 1 aliphatic rings. The molecule has 5 nitrogen and oxygen atoms in total. The van der Waals surface area contributed by atoms with Gasteiger partial charge in [0, 0.05) is 26.1 Å². The summed E-state index contributed by atoms with van der Waals surface area (Å²) in [4.78, 5) is 13.0. The zero-order chi connectivity index (χ0) is 11.1. The van der Waals surface area contributed by atoms with E-state index < -0.39 is 0 Å². The first-order valence-electron chi connectivity index (χ1n) is 5.52. The Bertz CT molecular complexity index is 193.